The predicted octanol–water partition coefficient (Wildman–Crippen LogP) is 3.29. The lowest BCUT2D eigenvalue weighted by atomic mass is 9.98. The summed E-state index contributed by atoms with van der Waals surface area (Å²) in [6.07, 6.45) is 2.22. The molecule has 0 aromatic heterocycles. The molecule has 1 unspecified atom stereocenters. The molecule has 2 nitrogen and oxygen atoms in total. The molecule has 0 fully saturated rings. The zero-order chi connectivity index (χ0) is 11.3. The maximum absolute atomic E-state index is 5.39. The van der Waals surface area contributed by atoms with E-state index in [0.717, 1.165) is 17.9 Å². The lowest BCUT2D eigenvalue weighted by molar-refractivity contribution is 0.349. The van der Waals surface area contributed by atoms with Crippen LogP contribution >= 0.6 is 0 Å². The van der Waals surface area contributed by atoms with Crippen molar-refractivity contribution in [2.45, 2.75) is 26.7 Å². The van der Waals surface area contributed by atoms with Crippen molar-refractivity contribution in [1.82, 2.24) is 0 Å². The molecule has 0 radical (unpaired) electrons. The van der Waals surface area contributed by atoms with Crippen LogP contribution in [0.1, 0.15) is 25.8 Å². The Morgan fingerprint density at radius 2 is 1.93 bits per heavy atom. The molecule has 84 valence electrons. The van der Waals surface area contributed by atoms with Crippen molar-refractivity contribution in [2.75, 3.05) is 14.2 Å². The average Bonchev–Trinajstić information content (AvgIpc) is 2.28. The van der Waals surface area contributed by atoms with E-state index in [0.29, 0.717) is 5.92 Å². The van der Waals surface area contributed by atoms with Crippen LogP contribution in [0.15, 0.2) is 18.2 Å². The zero-order valence-corrected chi connectivity index (χ0v) is 10.0. The van der Waals surface area contributed by atoms with Crippen molar-refractivity contribution in [3.05, 3.63) is 23.8 Å². The number of hydrogen-bond donors (Lipinski definition) is 0. The first-order chi connectivity index (χ1) is 7.22. The van der Waals surface area contributed by atoms with E-state index >= 15 is 0 Å². The molecule has 1 rings (SSSR count). The number of para-hydroxylation sites is 1. The average molecular weight is 208 g/mol. The standard InChI is InChI=1S/C13H20O2/c1-5-10(2)9-11-7-6-8-12(14-3)13(11)15-4/h6-8,10H,5,9H2,1-4H3. The fraction of sp³-hybridized carbons (Fsp3) is 0.538. The van der Waals surface area contributed by atoms with Crippen molar-refractivity contribution >= 4 is 0 Å². The minimum absolute atomic E-state index is 0.672. The smallest absolute Gasteiger partial charge is 0.163 e. The Labute approximate surface area is 92.2 Å². The summed E-state index contributed by atoms with van der Waals surface area (Å²) in [5.41, 5.74) is 1.23. The summed E-state index contributed by atoms with van der Waals surface area (Å²) in [4.78, 5) is 0. The normalized spacial score (nSPS) is 12.3. The van der Waals surface area contributed by atoms with E-state index in [-0.39, 0.29) is 0 Å². The molecule has 0 bridgehead atoms. The molecule has 1 aromatic carbocycles. The van der Waals surface area contributed by atoms with Gasteiger partial charge in [0.05, 0.1) is 14.2 Å². The van der Waals surface area contributed by atoms with Crippen LogP contribution in [-0.4, -0.2) is 14.2 Å². The highest BCUT2D eigenvalue weighted by Gasteiger charge is 2.11. The molecule has 0 aliphatic heterocycles. The Balaban J connectivity index is 2.95. The van der Waals surface area contributed by atoms with Crippen LogP contribution in [0.5, 0.6) is 11.5 Å². The Bertz CT molecular complexity index is 307. The van der Waals surface area contributed by atoms with Gasteiger partial charge in [0, 0.05) is 0 Å². The third-order valence-electron chi connectivity index (χ3n) is 2.75. The maximum Gasteiger partial charge on any atom is 0.163 e. The number of hydrogen-bond acceptors (Lipinski definition) is 2. The lowest BCUT2D eigenvalue weighted by Crippen LogP contribution is -2.01. The van der Waals surface area contributed by atoms with Gasteiger partial charge in [-0.25, -0.2) is 0 Å². The molecule has 0 spiro atoms. The minimum atomic E-state index is 0.672. The molecule has 0 saturated carbocycles. The molecule has 0 N–H and O–H groups in total. The Hall–Kier alpha value is -1.18. The third-order valence-corrected chi connectivity index (χ3v) is 2.75. The zero-order valence-electron chi connectivity index (χ0n) is 10.0. The van der Waals surface area contributed by atoms with E-state index in [2.05, 4.69) is 19.9 Å². The van der Waals surface area contributed by atoms with Gasteiger partial charge in [-0.1, -0.05) is 32.4 Å². The Morgan fingerprint density at radius 3 is 2.47 bits per heavy atom. The van der Waals surface area contributed by atoms with E-state index in [1.165, 1.54) is 12.0 Å². The molecule has 2 heteroatoms. The third kappa shape index (κ3) is 2.88. The largest absolute Gasteiger partial charge is 0.493 e. The van der Waals surface area contributed by atoms with Gasteiger partial charge >= 0.3 is 0 Å². The first-order valence-corrected chi connectivity index (χ1v) is 5.42. The van der Waals surface area contributed by atoms with Gasteiger partial charge in [0.25, 0.3) is 0 Å². The summed E-state index contributed by atoms with van der Waals surface area (Å²) in [6, 6.07) is 6.05. The van der Waals surface area contributed by atoms with E-state index in [4.69, 9.17) is 9.47 Å². The van der Waals surface area contributed by atoms with Gasteiger partial charge in [-0.2, -0.15) is 0 Å². The molecular formula is C13H20O2. The number of rotatable bonds is 5. The van der Waals surface area contributed by atoms with Crippen molar-refractivity contribution in [3.63, 3.8) is 0 Å². The van der Waals surface area contributed by atoms with Crippen LogP contribution in [0.3, 0.4) is 0 Å². The molecule has 0 saturated heterocycles. The molecular weight excluding hydrogens is 188 g/mol. The summed E-state index contributed by atoms with van der Waals surface area (Å²) in [6.45, 7) is 4.45. The first kappa shape index (κ1) is 11.9. The molecule has 1 atom stereocenters. The first-order valence-electron chi connectivity index (χ1n) is 5.42. The van der Waals surface area contributed by atoms with Crippen molar-refractivity contribution in [2.24, 2.45) is 5.92 Å². The summed E-state index contributed by atoms with van der Waals surface area (Å²) < 4.78 is 10.7. The van der Waals surface area contributed by atoms with Crippen LogP contribution in [0.25, 0.3) is 0 Å². The van der Waals surface area contributed by atoms with Gasteiger partial charge in [0.2, 0.25) is 0 Å². The van der Waals surface area contributed by atoms with Crippen molar-refractivity contribution in [3.8, 4) is 11.5 Å². The van der Waals surface area contributed by atoms with Crippen LogP contribution in [0, 0.1) is 5.92 Å². The number of benzene rings is 1. The van der Waals surface area contributed by atoms with E-state index < -0.39 is 0 Å². The fourth-order valence-corrected chi connectivity index (χ4v) is 1.63. The molecule has 0 heterocycles. The highest BCUT2D eigenvalue weighted by atomic mass is 16.5. The Morgan fingerprint density at radius 1 is 1.20 bits per heavy atom. The van der Waals surface area contributed by atoms with Crippen LogP contribution < -0.4 is 9.47 Å². The maximum atomic E-state index is 5.39. The quantitative estimate of drug-likeness (QED) is 0.739. The summed E-state index contributed by atoms with van der Waals surface area (Å²) in [7, 11) is 3.36. The molecule has 15 heavy (non-hydrogen) atoms. The number of methoxy groups -OCH3 is 2. The van der Waals surface area contributed by atoms with Gasteiger partial charge in [-0.15, -0.1) is 0 Å². The topological polar surface area (TPSA) is 18.5 Å². The van der Waals surface area contributed by atoms with E-state index in [1.54, 1.807) is 14.2 Å². The number of ether oxygens (including phenoxy) is 2. The Kier molecular flexibility index (Phi) is 4.47. The van der Waals surface area contributed by atoms with Crippen LogP contribution in [0.2, 0.25) is 0 Å². The van der Waals surface area contributed by atoms with Crippen molar-refractivity contribution in [1.29, 1.82) is 0 Å². The molecule has 1 aromatic rings. The predicted molar refractivity (Wildman–Crippen MR) is 62.7 cm³/mol. The lowest BCUT2D eigenvalue weighted by Gasteiger charge is -2.14. The fourth-order valence-electron chi connectivity index (χ4n) is 1.63. The van der Waals surface area contributed by atoms with E-state index in [9.17, 15) is 0 Å². The van der Waals surface area contributed by atoms with Gasteiger partial charge < -0.3 is 9.47 Å². The SMILES string of the molecule is CCC(C)Cc1cccc(OC)c1OC. The van der Waals surface area contributed by atoms with Gasteiger partial charge in [0.1, 0.15) is 0 Å². The second-order valence-corrected chi connectivity index (χ2v) is 3.87. The summed E-state index contributed by atoms with van der Waals surface area (Å²) >= 11 is 0. The second kappa shape index (κ2) is 5.64. The molecule has 0 aliphatic rings. The molecule has 0 aliphatic carbocycles. The van der Waals surface area contributed by atoms with Gasteiger partial charge in [-0.05, 0) is 24.0 Å². The van der Waals surface area contributed by atoms with Gasteiger partial charge in [-0.3, -0.25) is 0 Å². The highest BCUT2D eigenvalue weighted by molar-refractivity contribution is 5.46. The summed E-state index contributed by atoms with van der Waals surface area (Å²) in [5.74, 6) is 2.37. The summed E-state index contributed by atoms with van der Waals surface area (Å²) in [5, 5.41) is 0. The highest BCUT2D eigenvalue weighted by Crippen LogP contribution is 2.32. The van der Waals surface area contributed by atoms with E-state index in [1.807, 2.05) is 12.1 Å². The minimum Gasteiger partial charge on any atom is -0.493 e. The monoisotopic (exact) mass is 208 g/mol. The van der Waals surface area contributed by atoms with Crippen molar-refractivity contribution < 1.29 is 9.47 Å². The van der Waals surface area contributed by atoms with Crippen LogP contribution in [0.4, 0.5) is 0 Å². The van der Waals surface area contributed by atoms with Crippen LogP contribution in [-0.2, 0) is 6.42 Å². The molecule has 0 amide bonds. The second-order valence-electron chi connectivity index (χ2n) is 3.87. The van der Waals surface area contributed by atoms with Gasteiger partial charge in [0.15, 0.2) is 11.5 Å².